The molecule has 1 aromatic rings. The van der Waals surface area contributed by atoms with Gasteiger partial charge in [-0.1, -0.05) is 24.3 Å². The monoisotopic (exact) mass is 246 g/mol. The van der Waals surface area contributed by atoms with Crippen molar-refractivity contribution in [2.45, 2.75) is 26.3 Å². The number of fused-ring (bicyclic) bond motifs is 1. The Labute approximate surface area is 107 Å². The number of amides is 2. The molecule has 1 N–H and O–H groups in total. The second kappa shape index (κ2) is 5.21. The highest BCUT2D eigenvalue weighted by Gasteiger charge is 2.28. The number of nitrogens with zero attached hydrogens (tertiary/aromatic N) is 1. The van der Waals surface area contributed by atoms with Crippen molar-refractivity contribution >= 4 is 11.8 Å². The van der Waals surface area contributed by atoms with Crippen LogP contribution in [-0.4, -0.2) is 29.8 Å². The van der Waals surface area contributed by atoms with Crippen molar-refractivity contribution in [3.63, 3.8) is 0 Å². The predicted octanol–water partition coefficient (Wildman–Crippen LogP) is 1.27. The SMILES string of the molecule is CC(=O)NC[C@H]1c2ccccc2CCN1C(C)=O. The maximum Gasteiger partial charge on any atom is 0.220 e. The van der Waals surface area contributed by atoms with E-state index in [1.165, 1.54) is 12.5 Å². The third-order valence-electron chi connectivity index (χ3n) is 3.36. The van der Waals surface area contributed by atoms with Crippen LogP contribution in [0.15, 0.2) is 24.3 Å². The molecule has 96 valence electrons. The van der Waals surface area contributed by atoms with Crippen LogP contribution < -0.4 is 5.32 Å². The van der Waals surface area contributed by atoms with E-state index in [4.69, 9.17) is 0 Å². The van der Waals surface area contributed by atoms with Crippen LogP contribution in [-0.2, 0) is 16.0 Å². The van der Waals surface area contributed by atoms with E-state index in [-0.39, 0.29) is 17.9 Å². The molecule has 1 heterocycles. The molecule has 0 unspecified atom stereocenters. The van der Waals surface area contributed by atoms with Gasteiger partial charge in [0.05, 0.1) is 6.04 Å². The largest absolute Gasteiger partial charge is 0.354 e. The quantitative estimate of drug-likeness (QED) is 0.854. The van der Waals surface area contributed by atoms with E-state index >= 15 is 0 Å². The van der Waals surface area contributed by atoms with Gasteiger partial charge in [-0.05, 0) is 17.5 Å². The van der Waals surface area contributed by atoms with E-state index in [0.717, 1.165) is 18.5 Å². The fraction of sp³-hybridized carbons (Fsp3) is 0.429. The molecule has 1 aliphatic rings. The minimum atomic E-state index is -0.0680. The van der Waals surface area contributed by atoms with Crippen LogP contribution >= 0.6 is 0 Å². The second-order valence-electron chi connectivity index (χ2n) is 4.61. The topological polar surface area (TPSA) is 49.4 Å². The maximum absolute atomic E-state index is 11.7. The van der Waals surface area contributed by atoms with Crippen molar-refractivity contribution in [2.75, 3.05) is 13.1 Å². The third kappa shape index (κ3) is 2.53. The van der Waals surface area contributed by atoms with Crippen molar-refractivity contribution in [1.82, 2.24) is 10.2 Å². The number of hydrogen-bond acceptors (Lipinski definition) is 2. The Kier molecular flexibility index (Phi) is 3.65. The number of hydrogen-bond donors (Lipinski definition) is 1. The lowest BCUT2D eigenvalue weighted by Crippen LogP contribution is -2.43. The van der Waals surface area contributed by atoms with Crippen LogP contribution in [0.3, 0.4) is 0 Å². The first-order chi connectivity index (χ1) is 8.59. The van der Waals surface area contributed by atoms with Gasteiger partial charge in [-0.15, -0.1) is 0 Å². The highest BCUT2D eigenvalue weighted by molar-refractivity contribution is 5.75. The van der Waals surface area contributed by atoms with Crippen molar-refractivity contribution in [1.29, 1.82) is 0 Å². The molecule has 1 aromatic carbocycles. The lowest BCUT2D eigenvalue weighted by molar-refractivity contribution is -0.132. The van der Waals surface area contributed by atoms with Crippen LogP contribution in [0.2, 0.25) is 0 Å². The van der Waals surface area contributed by atoms with Gasteiger partial charge in [0.15, 0.2) is 0 Å². The third-order valence-corrected chi connectivity index (χ3v) is 3.36. The van der Waals surface area contributed by atoms with Gasteiger partial charge in [0, 0.05) is 26.9 Å². The first-order valence-corrected chi connectivity index (χ1v) is 6.19. The first-order valence-electron chi connectivity index (χ1n) is 6.19. The normalized spacial score (nSPS) is 18.1. The summed E-state index contributed by atoms with van der Waals surface area (Å²) < 4.78 is 0. The van der Waals surface area contributed by atoms with E-state index in [9.17, 15) is 9.59 Å². The van der Waals surface area contributed by atoms with E-state index in [0.29, 0.717) is 6.54 Å². The van der Waals surface area contributed by atoms with Crippen molar-refractivity contribution < 1.29 is 9.59 Å². The molecule has 18 heavy (non-hydrogen) atoms. The van der Waals surface area contributed by atoms with Gasteiger partial charge in [-0.2, -0.15) is 0 Å². The summed E-state index contributed by atoms with van der Waals surface area (Å²) in [5, 5.41) is 2.81. The average molecular weight is 246 g/mol. The van der Waals surface area contributed by atoms with Crippen LogP contribution in [0.25, 0.3) is 0 Å². The zero-order valence-electron chi connectivity index (χ0n) is 10.8. The van der Waals surface area contributed by atoms with Gasteiger partial charge >= 0.3 is 0 Å². The van der Waals surface area contributed by atoms with E-state index in [2.05, 4.69) is 11.4 Å². The van der Waals surface area contributed by atoms with E-state index < -0.39 is 0 Å². The molecule has 0 spiro atoms. The Balaban J connectivity index is 2.28. The molecule has 0 saturated heterocycles. The number of nitrogens with one attached hydrogen (secondary N) is 1. The van der Waals surface area contributed by atoms with Crippen LogP contribution in [0, 0.1) is 0 Å². The van der Waals surface area contributed by atoms with Crippen LogP contribution in [0.5, 0.6) is 0 Å². The van der Waals surface area contributed by atoms with Gasteiger partial charge in [0.25, 0.3) is 0 Å². The highest BCUT2D eigenvalue weighted by atomic mass is 16.2. The summed E-state index contributed by atoms with van der Waals surface area (Å²) in [7, 11) is 0. The van der Waals surface area contributed by atoms with Gasteiger partial charge in [-0.25, -0.2) is 0 Å². The molecule has 0 aromatic heterocycles. The summed E-state index contributed by atoms with van der Waals surface area (Å²) in [6.45, 7) is 4.27. The first kappa shape index (κ1) is 12.6. The minimum Gasteiger partial charge on any atom is -0.354 e. The van der Waals surface area contributed by atoms with Crippen LogP contribution in [0.1, 0.15) is 31.0 Å². The van der Waals surface area contributed by atoms with Crippen molar-refractivity contribution in [3.8, 4) is 0 Å². The fourth-order valence-electron chi connectivity index (χ4n) is 2.49. The second-order valence-corrected chi connectivity index (χ2v) is 4.61. The smallest absolute Gasteiger partial charge is 0.220 e. The Morgan fingerprint density at radius 3 is 2.72 bits per heavy atom. The Hall–Kier alpha value is -1.84. The van der Waals surface area contributed by atoms with Crippen molar-refractivity contribution in [2.24, 2.45) is 0 Å². The zero-order valence-corrected chi connectivity index (χ0v) is 10.8. The Morgan fingerprint density at radius 2 is 2.06 bits per heavy atom. The number of rotatable bonds is 2. The summed E-state index contributed by atoms with van der Waals surface area (Å²) >= 11 is 0. The maximum atomic E-state index is 11.7. The number of benzene rings is 1. The standard InChI is InChI=1S/C14H18N2O2/c1-10(17)15-9-14-13-6-4-3-5-12(13)7-8-16(14)11(2)18/h3-6,14H,7-9H2,1-2H3,(H,15,17)/t14-/m0/s1. The summed E-state index contributed by atoms with van der Waals surface area (Å²) in [5.41, 5.74) is 2.41. The number of carbonyl (C=O) groups excluding carboxylic acids is 2. The molecule has 0 radical (unpaired) electrons. The van der Waals surface area contributed by atoms with E-state index in [1.54, 1.807) is 6.92 Å². The van der Waals surface area contributed by atoms with Gasteiger partial charge in [0.2, 0.25) is 11.8 Å². The average Bonchev–Trinajstić information content (AvgIpc) is 2.35. The summed E-state index contributed by atoms with van der Waals surface area (Å²) in [4.78, 5) is 24.6. The zero-order chi connectivity index (χ0) is 13.1. The summed E-state index contributed by atoms with van der Waals surface area (Å²) in [5.74, 6) is -0.0126. The lowest BCUT2D eigenvalue weighted by Gasteiger charge is -2.36. The predicted molar refractivity (Wildman–Crippen MR) is 69.0 cm³/mol. The summed E-state index contributed by atoms with van der Waals surface area (Å²) in [6, 6.07) is 8.07. The molecule has 2 amide bonds. The molecule has 1 atom stereocenters. The Morgan fingerprint density at radius 1 is 1.33 bits per heavy atom. The van der Waals surface area contributed by atoms with Gasteiger partial charge in [-0.3, -0.25) is 9.59 Å². The molecule has 4 nitrogen and oxygen atoms in total. The molecular weight excluding hydrogens is 228 g/mol. The number of carbonyl (C=O) groups is 2. The van der Waals surface area contributed by atoms with Crippen molar-refractivity contribution in [3.05, 3.63) is 35.4 Å². The molecule has 0 saturated carbocycles. The van der Waals surface area contributed by atoms with Gasteiger partial charge in [0.1, 0.15) is 0 Å². The minimum absolute atomic E-state index is 0.0450. The molecule has 0 aliphatic carbocycles. The molecule has 2 rings (SSSR count). The highest BCUT2D eigenvalue weighted by Crippen LogP contribution is 2.29. The summed E-state index contributed by atoms with van der Waals surface area (Å²) in [6.07, 6.45) is 0.881. The fourth-order valence-corrected chi connectivity index (χ4v) is 2.49. The molecule has 4 heteroatoms. The molecule has 0 bridgehead atoms. The molecule has 0 fully saturated rings. The lowest BCUT2D eigenvalue weighted by atomic mass is 9.92. The Bertz CT molecular complexity index is 471. The van der Waals surface area contributed by atoms with E-state index in [1.807, 2.05) is 23.1 Å². The van der Waals surface area contributed by atoms with Gasteiger partial charge < -0.3 is 10.2 Å². The molecular formula is C14H18N2O2. The van der Waals surface area contributed by atoms with Crippen LogP contribution in [0.4, 0.5) is 0 Å². The molecule has 1 aliphatic heterocycles.